The maximum Gasteiger partial charge on any atom is 0.222 e. The van der Waals surface area contributed by atoms with E-state index in [1.54, 1.807) is 0 Å². The molecule has 0 radical (unpaired) electrons. The highest BCUT2D eigenvalue weighted by molar-refractivity contribution is 5.77. The summed E-state index contributed by atoms with van der Waals surface area (Å²) in [5, 5.41) is 0. The first-order valence-corrected chi connectivity index (χ1v) is 10.4. The summed E-state index contributed by atoms with van der Waals surface area (Å²) in [5.41, 5.74) is 5.26. The monoisotopic (exact) mass is 376 g/mol. The van der Waals surface area contributed by atoms with E-state index < -0.39 is 0 Å². The van der Waals surface area contributed by atoms with E-state index in [-0.39, 0.29) is 11.8 Å². The van der Waals surface area contributed by atoms with Crippen LogP contribution >= 0.6 is 0 Å². The second kappa shape index (κ2) is 8.59. The van der Waals surface area contributed by atoms with Crippen LogP contribution in [0.2, 0.25) is 0 Å². The van der Waals surface area contributed by atoms with Gasteiger partial charge in [0.15, 0.2) is 0 Å². The van der Waals surface area contributed by atoms with Crippen LogP contribution < -0.4 is 0 Å². The van der Waals surface area contributed by atoms with Gasteiger partial charge in [0.1, 0.15) is 0 Å². The van der Waals surface area contributed by atoms with Crippen molar-refractivity contribution in [3.8, 4) is 0 Å². The van der Waals surface area contributed by atoms with Crippen LogP contribution in [0, 0.1) is 0 Å². The smallest absolute Gasteiger partial charge is 0.222 e. The normalized spacial score (nSPS) is 15.7. The number of carbonyl (C=O) groups is 2. The van der Waals surface area contributed by atoms with Gasteiger partial charge in [0.2, 0.25) is 11.8 Å². The van der Waals surface area contributed by atoms with Crippen molar-refractivity contribution in [1.29, 1.82) is 0 Å². The fourth-order valence-corrected chi connectivity index (χ4v) is 4.29. The minimum absolute atomic E-state index is 0.217. The molecular formula is C24H28N2O2. The lowest BCUT2D eigenvalue weighted by atomic mass is 9.99. The summed E-state index contributed by atoms with van der Waals surface area (Å²) in [6.07, 6.45) is 4.53. The summed E-state index contributed by atoms with van der Waals surface area (Å²) in [6.45, 7) is 3.06. The zero-order chi connectivity index (χ0) is 19.3. The number of hydrogen-bond acceptors (Lipinski definition) is 2. The summed E-state index contributed by atoms with van der Waals surface area (Å²) in [4.78, 5) is 29.0. The number of fused-ring (bicyclic) bond motifs is 2. The van der Waals surface area contributed by atoms with Crippen molar-refractivity contribution in [3.05, 3.63) is 70.8 Å². The maximum absolute atomic E-state index is 12.5. The van der Waals surface area contributed by atoms with E-state index in [0.29, 0.717) is 12.8 Å². The fourth-order valence-electron chi connectivity index (χ4n) is 4.29. The molecule has 0 fully saturated rings. The van der Waals surface area contributed by atoms with Crippen molar-refractivity contribution < 1.29 is 9.59 Å². The Morgan fingerprint density at radius 1 is 0.643 bits per heavy atom. The lowest BCUT2D eigenvalue weighted by molar-refractivity contribution is -0.134. The lowest BCUT2D eigenvalue weighted by Gasteiger charge is -2.29. The van der Waals surface area contributed by atoms with Crippen LogP contribution in [0.5, 0.6) is 0 Å². The third-order valence-electron chi connectivity index (χ3n) is 6.00. The summed E-state index contributed by atoms with van der Waals surface area (Å²) >= 11 is 0. The molecule has 0 N–H and O–H groups in total. The topological polar surface area (TPSA) is 40.6 Å². The van der Waals surface area contributed by atoms with Gasteiger partial charge in [-0.2, -0.15) is 0 Å². The highest BCUT2D eigenvalue weighted by atomic mass is 16.2. The molecule has 2 aromatic carbocycles. The van der Waals surface area contributed by atoms with Crippen molar-refractivity contribution >= 4 is 11.8 Å². The molecule has 4 nitrogen and oxygen atoms in total. The molecule has 0 aromatic heterocycles. The zero-order valence-electron chi connectivity index (χ0n) is 16.4. The Balaban J connectivity index is 1.19. The molecule has 0 aliphatic carbocycles. The Morgan fingerprint density at radius 2 is 1.04 bits per heavy atom. The van der Waals surface area contributed by atoms with Crippen molar-refractivity contribution in [2.75, 3.05) is 13.1 Å². The van der Waals surface area contributed by atoms with Gasteiger partial charge in [-0.15, -0.1) is 0 Å². The number of amides is 2. The van der Waals surface area contributed by atoms with E-state index in [0.717, 1.165) is 51.9 Å². The standard InChI is InChI=1S/C24H28N2O2/c27-23(25-15-13-19-7-1-3-9-21(19)17-25)11-5-6-12-24(28)26-16-14-20-8-2-4-10-22(20)18-26/h1-4,7-10H,5-6,11-18H2. The van der Waals surface area contributed by atoms with E-state index in [9.17, 15) is 9.59 Å². The first-order valence-electron chi connectivity index (χ1n) is 10.4. The highest BCUT2D eigenvalue weighted by Crippen LogP contribution is 2.21. The molecule has 0 bridgehead atoms. The maximum atomic E-state index is 12.5. The predicted molar refractivity (Wildman–Crippen MR) is 110 cm³/mol. The van der Waals surface area contributed by atoms with Crippen molar-refractivity contribution in [3.63, 3.8) is 0 Å². The minimum atomic E-state index is 0.217. The molecule has 28 heavy (non-hydrogen) atoms. The Bertz CT molecular complexity index is 790. The number of hydrogen-bond donors (Lipinski definition) is 0. The van der Waals surface area contributed by atoms with Crippen LogP contribution in [-0.2, 0) is 35.5 Å². The average Bonchev–Trinajstić information content (AvgIpc) is 2.75. The number of carbonyl (C=O) groups excluding carboxylic acids is 2. The lowest BCUT2D eigenvalue weighted by Crippen LogP contribution is -2.36. The number of nitrogens with zero attached hydrogens (tertiary/aromatic N) is 2. The Labute approximate surface area is 167 Å². The molecule has 2 aromatic rings. The van der Waals surface area contributed by atoms with Crippen molar-refractivity contribution in [2.24, 2.45) is 0 Å². The molecule has 0 atom stereocenters. The Kier molecular flexibility index (Phi) is 5.75. The van der Waals surface area contributed by atoms with E-state index in [4.69, 9.17) is 0 Å². The van der Waals surface area contributed by atoms with Crippen LogP contribution in [0.3, 0.4) is 0 Å². The number of rotatable bonds is 5. The molecule has 4 heteroatoms. The van der Waals surface area contributed by atoms with E-state index >= 15 is 0 Å². The summed E-state index contributed by atoms with van der Waals surface area (Å²) in [5.74, 6) is 0.433. The minimum Gasteiger partial charge on any atom is -0.338 e. The molecule has 2 heterocycles. The molecule has 2 amide bonds. The molecule has 0 saturated heterocycles. The van der Waals surface area contributed by atoms with Crippen molar-refractivity contribution in [1.82, 2.24) is 9.80 Å². The summed E-state index contributed by atoms with van der Waals surface area (Å²) in [7, 11) is 0. The van der Waals surface area contributed by atoms with Crippen molar-refractivity contribution in [2.45, 2.75) is 51.6 Å². The van der Waals surface area contributed by atoms with Crippen LogP contribution in [-0.4, -0.2) is 34.7 Å². The van der Waals surface area contributed by atoms with Gasteiger partial charge in [-0.25, -0.2) is 0 Å². The summed E-state index contributed by atoms with van der Waals surface area (Å²) in [6, 6.07) is 16.7. The van der Waals surface area contributed by atoms with Gasteiger partial charge >= 0.3 is 0 Å². The summed E-state index contributed by atoms with van der Waals surface area (Å²) < 4.78 is 0. The SMILES string of the molecule is O=C(CCCCC(=O)N1CCc2ccccc2C1)N1CCc2ccccc2C1. The molecule has 4 rings (SSSR count). The molecule has 0 saturated carbocycles. The molecule has 2 aliphatic rings. The second-order valence-electron chi connectivity index (χ2n) is 7.88. The average molecular weight is 377 g/mol. The predicted octanol–water partition coefficient (Wildman–Crippen LogP) is 3.72. The van der Waals surface area contributed by atoms with Gasteiger partial charge in [0.05, 0.1) is 0 Å². The first kappa shape index (κ1) is 18.7. The number of unbranched alkanes of at least 4 members (excludes halogenated alkanes) is 1. The molecular weight excluding hydrogens is 348 g/mol. The van der Waals surface area contributed by atoms with E-state index in [1.807, 2.05) is 21.9 Å². The Hall–Kier alpha value is -2.62. The Morgan fingerprint density at radius 3 is 1.46 bits per heavy atom. The van der Waals surface area contributed by atoms with Gasteiger partial charge in [-0.3, -0.25) is 9.59 Å². The van der Waals surface area contributed by atoms with Crippen LogP contribution in [0.1, 0.15) is 47.9 Å². The highest BCUT2D eigenvalue weighted by Gasteiger charge is 2.21. The largest absolute Gasteiger partial charge is 0.338 e. The first-order chi connectivity index (χ1) is 13.7. The van der Waals surface area contributed by atoms with Crippen LogP contribution in [0.25, 0.3) is 0 Å². The zero-order valence-corrected chi connectivity index (χ0v) is 16.4. The van der Waals surface area contributed by atoms with Gasteiger partial charge in [-0.1, -0.05) is 48.5 Å². The number of benzene rings is 2. The second-order valence-corrected chi connectivity index (χ2v) is 7.88. The third kappa shape index (κ3) is 4.27. The molecule has 146 valence electrons. The quantitative estimate of drug-likeness (QED) is 0.747. The van der Waals surface area contributed by atoms with Gasteiger partial charge in [0, 0.05) is 39.0 Å². The van der Waals surface area contributed by atoms with E-state index in [2.05, 4.69) is 36.4 Å². The molecule has 2 aliphatic heterocycles. The van der Waals surface area contributed by atoms with Crippen LogP contribution in [0.15, 0.2) is 48.5 Å². The molecule has 0 spiro atoms. The fraction of sp³-hybridized carbons (Fsp3) is 0.417. The third-order valence-corrected chi connectivity index (χ3v) is 6.00. The van der Waals surface area contributed by atoms with E-state index in [1.165, 1.54) is 22.3 Å². The molecule has 0 unspecified atom stereocenters. The van der Waals surface area contributed by atoms with Gasteiger partial charge in [-0.05, 0) is 47.9 Å². The van der Waals surface area contributed by atoms with Gasteiger partial charge in [0.25, 0.3) is 0 Å². The van der Waals surface area contributed by atoms with Gasteiger partial charge < -0.3 is 9.80 Å². The van der Waals surface area contributed by atoms with Crippen LogP contribution in [0.4, 0.5) is 0 Å².